The quantitative estimate of drug-likeness (QED) is 0.753. The van der Waals surface area contributed by atoms with Crippen molar-refractivity contribution >= 4 is 27.3 Å². The van der Waals surface area contributed by atoms with E-state index >= 15 is 0 Å². The Hall–Kier alpha value is -2.00. The zero-order valence-electron chi connectivity index (χ0n) is 14.0. The first-order valence-corrected chi connectivity index (χ1v) is 10.7. The van der Waals surface area contributed by atoms with Crippen LogP contribution >= 0.6 is 11.6 Å². The lowest BCUT2D eigenvalue weighted by atomic mass is 10.2. The van der Waals surface area contributed by atoms with E-state index in [4.69, 9.17) is 11.6 Å². The second-order valence-electron chi connectivity index (χ2n) is 6.71. The monoisotopic (exact) mass is 395 g/mol. The Morgan fingerprint density at radius 1 is 1.23 bits per heavy atom. The maximum atomic E-state index is 12.8. The largest absolute Gasteiger partial charge is 0.334 e. The highest BCUT2D eigenvalue weighted by molar-refractivity contribution is 7.91. The Balaban J connectivity index is 1.50. The van der Waals surface area contributed by atoms with Crippen molar-refractivity contribution in [1.82, 2.24) is 25.1 Å². The zero-order chi connectivity index (χ0) is 18.3. The van der Waals surface area contributed by atoms with Crippen LogP contribution in [0.1, 0.15) is 19.3 Å². The maximum absolute atomic E-state index is 12.8. The lowest BCUT2D eigenvalue weighted by molar-refractivity contribution is -0.134. The number of hydrogen-bond donors (Lipinski definition) is 0. The highest BCUT2D eigenvalue weighted by atomic mass is 35.5. The van der Waals surface area contributed by atoms with Crippen LogP contribution in [-0.4, -0.2) is 63.0 Å². The second kappa shape index (κ2) is 6.62. The summed E-state index contributed by atoms with van der Waals surface area (Å²) in [4.78, 5) is 15.7. The Kier molecular flexibility index (Phi) is 4.44. The fourth-order valence-corrected chi connectivity index (χ4v) is 5.25. The van der Waals surface area contributed by atoms with Gasteiger partial charge in [0.15, 0.2) is 9.84 Å². The molecule has 1 atom stereocenters. The summed E-state index contributed by atoms with van der Waals surface area (Å²) in [7, 11) is -3.05. The fraction of sp³-hybridized carbons (Fsp3) is 0.500. The molecule has 1 aromatic carbocycles. The molecule has 1 saturated carbocycles. The number of tetrazole rings is 1. The van der Waals surface area contributed by atoms with E-state index in [1.165, 1.54) is 4.80 Å². The van der Waals surface area contributed by atoms with Crippen LogP contribution in [0.4, 0.5) is 0 Å². The number of amides is 1. The van der Waals surface area contributed by atoms with E-state index in [-0.39, 0.29) is 36.0 Å². The SMILES string of the molecule is O=C(Cn1nnc(-c2ccccc2Cl)n1)N(C1CC1)[C@H]1CCS(=O)(=O)C1. The summed E-state index contributed by atoms with van der Waals surface area (Å²) < 4.78 is 23.5. The molecule has 2 fully saturated rings. The Morgan fingerprint density at radius 3 is 2.65 bits per heavy atom. The molecule has 2 aliphatic rings. The number of halogens is 1. The van der Waals surface area contributed by atoms with Crippen molar-refractivity contribution < 1.29 is 13.2 Å². The molecule has 4 rings (SSSR count). The molecule has 0 radical (unpaired) electrons. The molecule has 8 nitrogen and oxygen atoms in total. The topological polar surface area (TPSA) is 98.1 Å². The van der Waals surface area contributed by atoms with Gasteiger partial charge in [-0.25, -0.2) is 8.42 Å². The van der Waals surface area contributed by atoms with Gasteiger partial charge in [0.2, 0.25) is 11.7 Å². The molecule has 0 spiro atoms. The van der Waals surface area contributed by atoms with E-state index < -0.39 is 9.84 Å². The number of carbonyl (C=O) groups is 1. The van der Waals surface area contributed by atoms with Gasteiger partial charge in [-0.2, -0.15) is 4.80 Å². The molecule has 138 valence electrons. The van der Waals surface area contributed by atoms with E-state index in [0.29, 0.717) is 22.8 Å². The van der Waals surface area contributed by atoms with Gasteiger partial charge in [0.05, 0.1) is 16.5 Å². The average molecular weight is 396 g/mol. The summed E-state index contributed by atoms with van der Waals surface area (Å²) in [5.74, 6) is 0.375. The second-order valence-corrected chi connectivity index (χ2v) is 9.35. The number of aromatic nitrogens is 4. The van der Waals surface area contributed by atoms with Gasteiger partial charge in [0.25, 0.3) is 0 Å². The van der Waals surface area contributed by atoms with Crippen molar-refractivity contribution in [2.24, 2.45) is 0 Å². The molecule has 1 saturated heterocycles. The smallest absolute Gasteiger partial charge is 0.246 e. The van der Waals surface area contributed by atoms with Gasteiger partial charge in [-0.3, -0.25) is 4.79 Å². The standard InChI is InChI=1S/C16H18ClN5O3S/c17-14-4-2-1-3-13(14)16-18-20-21(19-16)9-15(23)22(11-5-6-11)12-7-8-26(24,25)10-12/h1-4,11-12H,5-10H2/t12-/m0/s1. The first-order valence-electron chi connectivity index (χ1n) is 8.47. The minimum Gasteiger partial charge on any atom is -0.334 e. The number of hydrogen-bond acceptors (Lipinski definition) is 6. The Morgan fingerprint density at radius 2 is 2.00 bits per heavy atom. The van der Waals surface area contributed by atoms with Crippen molar-refractivity contribution in [2.45, 2.75) is 37.9 Å². The lowest BCUT2D eigenvalue weighted by Gasteiger charge is -2.28. The van der Waals surface area contributed by atoms with Crippen LogP contribution in [-0.2, 0) is 21.2 Å². The predicted molar refractivity (Wildman–Crippen MR) is 95.2 cm³/mol. The van der Waals surface area contributed by atoms with Crippen LogP contribution in [0.2, 0.25) is 5.02 Å². The van der Waals surface area contributed by atoms with Gasteiger partial charge < -0.3 is 4.90 Å². The van der Waals surface area contributed by atoms with Crippen LogP contribution in [0.5, 0.6) is 0 Å². The van der Waals surface area contributed by atoms with Gasteiger partial charge in [0.1, 0.15) is 6.54 Å². The van der Waals surface area contributed by atoms with Crippen molar-refractivity contribution in [3.63, 3.8) is 0 Å². The van der Waals surface area contributed by atoms with E-state index in [1.54, 1.807) is 17.0 Å². The minimum absolute atomic E-state index is 0.0465. The first-order chi connectivity index (χ1) is 12.4. The summed E-state index contributed by atoms with van der Waals surface area (Å²) in [5.41, 5.74) is 0.647. The van der Waals surface area contributed by atoms with Crippen molar-refractivity contribution in [3.8, 4) is 11.4 Å². The summed E-state index contributed by atoms with van der Waals surface area (Å²) in [6.07, 6.45) is 2.33. The van der Waals surface area contributed by atoms with Gasteiger partial charge >= 0.3 is 0 Å². The van der Waals surface area contributed by atoms with Gasteiger partial charge in [0, 0.05) is 17.6 Å². The van der Waals surface area contributed by atoms with Crippen LogP contribution in [0, 0.1) is 0 Å². The van der Waals surface area contributed by atoms with E-state index in [0.717, 1.165) is 12.8 Å². The van der Waals surface area contributed by atoms with Crippen molar-refractivity contribution in [1.29, 1.82) is 0 Å². The highest BCUT2D eigenvalue weighted by Gasteiger charge is 2.42. The first kappa shape index (κ1) is 17.4. The van der Waals surface area contributed by atoms with E-state index in [1.807, 2.05) is 12.1 Å². The van der Waals surface area contributed by atoms with Crippen LogP contribution < -0.4 is 0 Å². The number of carbonyl (C=O) groups excluding carboxylic acids is 1. The molecular formula is C16H18ClN5O3S. The van der Waals surface area contributed by atoms with Crippen molar-refractivity contribution in [3.05, 3.63) is 29.3 Å². The summed E-state index contributed by atoms with van der Waals surface area (Å²) in [6, 6.07) is 7.04. The van der Waals surface area contributed by atoms with Gasteiger partial charge in [-0.1, -0.05) is 23.7 Å². The van der Waals surface area contributed by atoms with Gasteiger partial charge in [-0.05, 0) is 36.6 Å². The van der Waals surface area contributed by atoms with Crippen molar-refractivity contribution in [2.75, 3.05) is 11.5 Å². The molecule has 1 aliphatic heterocycles. The predicted octanol–water partition coefficient (Wildman–Crippen LogP) is 1.17. The van der Waals surface area contributed by atoms with E-state index in [2.05, 4.69) is 15.4 Å². The lowest BCUT2D eigenvalue weighted by Crippen LogP contribution is -2.44. The maximum Gasteiger partial charge on any atom is 0.246 e. The third-order valence-corrected chi connectivity index (χ3v) is 6.75. The molecule has 2 aromatic rings. The molecule has 1 amide bonds. The minimum atomic E-state index is -3.05. The molecule has 0 bridgehead atoms. The van der Waals surface area contributed by atoms with Crippen LogP contribution in [0.25, 0.3) is 11.4 Å². The Bertz CT molecular complexity index is 941. The van der Waals surface area contributed by atoms with Gasteiger partial charge in [-0.15, -0.1) is 10.2 Å². The molecule has 2 heterocycles. The molecule has 0 N–H and O–H groups in total. The van der Waals surface area contributed by atoms with Crippen LogP contribution in [0.3, 0.4) is 0 Å². The third-order valence-electron chi connectivity index (χ3n) is 4.67. The molecule has 26 heavy (non-hydrogen) atoms. The summed E-state index contributed by atoms with van der Waals surface area (Å²) in [5, 5.41) is 12.7. The highest BCUT2D eigenvalue weighted by Crippen LogP contribution is 2.32. The fourth-order valence-electron chi connectivity index (χ4n) is 3.32. The molecule has 0 unspecified atom stereocenters. The number of benzene rings is 1. The normalized spacial score (nSPS) is 21.7. The average Bonchev–Trinajstić information content (AvgIpc) is 3.20. The molecule has 1 aliphatic carbocycles. The van der Waals surface area contributed by atoms with E-state index in [9.17, 15) is 13.2 Å². The number of rotatable bonds is 5. The number of nitrogens with zero attached hydrogens (tertiary/aromatic N) is 5. The number of sulfone groups is 1. The zero-order valence-corrected chi connectivity index (χ0v) is 15.5. The summed E-state index contributed by atoms with van der Waals surface area (Å²) in [6.45, 7) is -0.0650. The molecular weight excluding hydrogens is 378 g/mol. The Labute approximate surface area is 156 Å². The molecule has 10 heteroatoms. The third kappa shape index (κ3) is 3.59. The summed E-state index contributed by atoms with van der Waals surface area (Å²) >= 11 is 6.14. The van der Waals surface area contributed by atoms with Crippen LogP contribution in [0.15, 0.2) is 24.3 Å². The molecule has 1 aromatic heterocycles.